The molecule has 0 saturated carbocycles. The average molecular weight is 322 g/mol. The van der Waals surface area contributed by atoms with Crippen molar-refractivity contribution in [1.29, 1.82) is 0 Å². The number of fused-ring (bicyclic) bond motifs is 1. The van der Waals surface area contributed by atoms with Crippen molar-refractivity contribution in [3.05, 3.63) is 33.5 Å². The number of hydrogen-bond donors (Lipinski definition) is 2. The molecule has 0 saturated heterocycles. The molecule has 1 atom stereocenters. The zero-order chi connectivity index (χ0) is 14.7. The number of rotatable bonds is 4. The van der Waals surface area contributed by atoms with Crippen LogP contribution in [-0.4, -0.2) is 35.0 Å². The molecule has 5 nitrogen and oxygen atoms in total. The van der Waals surface area contributed by atoms with Crippen LogP contribution < -0.4 is 10.6 Å². The van der Waals surface area contributed by atoms with Crippen molar-refractivity contribution >= 4 is 33.8 Å². The second-order valence-electron chi connectivity index (χ2n) is 5.11. The number of hydrogen-bond acceptors (Lipinski definition) is 5. The number of thiazole rings is 1. The van der Waals surface area contributed by atoms with E-state index in [9.17, 15) is 4.79 Å². The summed E-state index contributed by atoms with van der Waals surface area (Å²) in [6, 6.07) is 2.34. The lowest BCUT2D eigenvalue weighted by atomic mass is 10.1. The molecule has 0 radical (unpaired) electrons. The number of aromatic nitrogens is 1. The average Bonchev–Trinajstić information content (AvgIpc) is 3.14. The van der Waals surface area contributed by atoms with Gasteiger partial charge in [-0.3, -0.25) is 10.2 Å². The lowest BCUT2D eigenvalue weighted by Crippen LogP contribution is -2.45. The number of nitrogens with zero attached hydrogens (tertiary/aromatic N) is 2. The molecule has 2 aromatic heterocycles. The zero-order valence-corrected chi connectivity index (χ0v) is 13.5. The fourth-order valence-electron chi connectivity index (χ4n) is 2.44. The van der Waals surface area contributed by atoms with Gasteiger partial charge in [0.05, 0.1) is 0 Å². The summed E-state index contributed by atoms with van der Waals surface area (Å²) < 4.78 is 0. The predicted molar refractivity (Wildman–Crippen MR) is 87.0 cm³/mol. The van der Waals surface area contributed by atoms with E-state index in [0.717, 1.165) is 19.5 Å². The van der Waals surface area contributed by atoms with E-state index in [1.54, 1.807) is 6.20 Å². The molecule has 112 valence electrons. The molecule has 3 heterocycles. The molecule has 0 aromatic carbocycles. The minimum atomic E-state index is -0.190. The summed E-state index contributed by atoms with van der Waals surface area (Å²) in [6.45, 7) is 4.83. The lowest BCUT2D eigenvalue weighted by Gasteiger charge is -2.32. The van der Waals surface area contributed by atoms with Crippen LogP contribution in [0.5, 0.6) is 0 Å². The fourth-order valence-corrected chi connectivity index (χ4v) is 3.86. The number of thiophene rings is 1. The molecule has 1 aliphatic rings. The quantitative estimate of drug-likeness (QED) is 0.910. The first-order chi connectivity index (χ1) is 10.2. The van der Waals surface area contributed by atoms with Crippen LogP contribution in [0.3, 0.4) is 0 Å². The summed E-state index contributed by atoms with van der Waals surface area (Å²) in [4.78, 5) is 19.7. The van der Waals surface area contributed by atoms with Gasteiger partial charge in [-0.1, -0.05) is 0 Å². The van der Waals surface area contributed by atoms with Crippen LogP contribution >= 0.6 is 22.7 Å². The van der Waals surface area contributed by atoms with Crippen molar-refractivity contribution in [3.8, 4) is 0 Å². The van der Waals surface area contributed by atoms with Gasteiger partial charge in [-0.2, -0.15) is 0 Å². The van der Waals surface area contributed by atoms with Gasteiger partial charge in [0.25, 0.3) is 0 Å². The van der Waals surface area contributed by atoms with Gasteiger partial charge in [-0.25, -0.2) is 9.78 Å². The van der Waals surface area contributed by atoms with E-state index in [1.807, 2.05) is 16.7 Å². The van der Waals surface area contributed by atoms with Gasteiger partial charge in [0.1, 0.15) is 0 Å². The largest absolute Gasteiger partial charge is 0.336 e. The summed E-state index contributed by atoms with van der Waals surface area (Å²) in [5.74, 6) is 0. The summed E-state index contributed by atoms with van der Waals surface area (Å²) in [5, 5.41) is 10.3. The number of amides is 2. The Balaban J connectivity index is 1.46. The van der Waals surface area contributed by atoms with Gasteiger partial charge in [0, 0.05) is 42.1 Å². The smallest absolute Gasteiger partial charge is 0.321 e. The van der Waals surface area contributed by atoms with Gasteiger partial charge in [0.15, 0.2) is 5.13 Å². The van der Waals surface area contributed by atoms with Crippen LogP contribution in [0.15, 0.2) is 23.0 Å². The second kappa shape index (κ2) is 6.55. The first-order valence-corrected chi connectivity index (χ1v) is 8.72. The van der Waals surface area contributed by atoms with E-state index in [-0.39, 0.29) is 6.03 Å². The normalized spacial score (nSPS) is 16.2. The molecule has 2 N–H and O–H groups in total. The Morgan fingerprint density at radius 2 is 2.38 bits per heavy atom. The Bertz CT molecular complexity index is 596. The molecule has 2 amide bonds. The maximum Gasteiger partial charge on any atom is 0.321 e. The van der Waals surface area contributed by atoms with Crippen molar-refractivity contribution < 1.29 is 4.79 Å². The fraction of sp³-hybridized carbons (Fsp3) is 0.429. The Labute approximate surface area is 132 Å². The summed E-state index contributed by atoms with van der Waals surface area (Å²) in [7, 11) is 0. The minimum absolute atomic E-state index is 0.190. The van der Waals surface area contributed by atoms with Crippen LogP contribution in [0, 0.1) is 0 Å². The van der Waals surface area contributed by atoms with Crippen LogP contribution in [-0.2, 0) is 13.0 Å². The predicted octanol–water partition coefficient (Wildman–Crippen LogP) is 2.77. The molecular formula is C14H18N4OS2. The topological polar surface area (TPSA) is 57.3 Å². The number of urea groups is 1. The van der Waals surface area contributed by atoms with Crippen LogP contribution in [0.25, 0.3) is 0 Å². The molecule has 0 fully saturated rings. The number of carbonyl (C=O) groups excluding carboxylic acids is 1. The molecule has 1 unspecified atom stereocenters. The molecule has 21 heavy (non-hydrogen) atoms. The number of carbonyl (C=O) groups is 1. The van der Waals surface area contributed by atoms with Crippen molar-refractivity contribution in [1.82, 2.24) is 15.2 Å². The third kappa shape index (κ3) is 3.61. The molecule has 2 aromatic rings. The Hall–Kier alpha value is -1.44. The summed E-state index contributed by atoms with van der Waals surface area (Å²) in [5.41, 5.74) is 1.44. The molecule has 0 spiro atoms. The molecule has 0 bridgehead atoms. The monoisotopic (exact) mass is 322 g/mol. The van der Waals surface area contributed by atoms with Gasteiger partial charge in [-0.05, 0) is 30.4 Å². The molecule has 1 aliphatic heterocycles. The van der Waals surface area contributed by atoms with Gasteiger partial charge >= 0.3 is 6.03 Å². The van der Waals surface area contributed by atoms with Gasteiger partial charge in [-0.15, -0.1) is 22.7 Å². The molecule has 7 heteroatoms. The third-order valence-electron chi connectivity index (χ3n) is 3.67. The summed E-state index contributed by atoms with van der Waals surface area (Å²) >= 11 is 3.26. The van der Waals surface area contributed by atoms with Crippen LogP contribution in [0.4, 0.5) is 9.93 Å². The molecular weight excluding hydrogens is 304 g/mol. The molecule has 3 rings (SSSR count). The Kier molecular flexibility index (Phi) is 4.52. The van der Waals surface area contributed by atoms with Crippen LogP contribution in [0.2, 0.25) is 0 Å². The van der Waals surface area contributed by atoms with E-state index in [1.165, 1.54) is 21.8 Å². The zero-order valence-electron chi connectivity index (χ0n) is 11.8. The van der Waals surface area contributed by atoms with E-state index >= 15 is 0 Å². The van der Waals surface area contributed by atoms with E-state index in [4.69, 9.17) is 0 Å². The standard InChI is InChI=1S/C14H18N4OS2/c1-10(8-16-13(19)17-14-15-4-7-21-14)18-5-2-12-11(9-18)3-6-20-12/h3-4,6-7,10H,2,5,8-9H2,1H3,(H2,15,16,17,19). The highest BCUT2D eigenvalue weighted by atomic mass is 32.1. The first-order valence-electron chi connectivity index (χ1n) is 6.96. The highest BCUT2D eigenvalue weighted by Crippen LogP contribution is 2.24. The van der Waals surface area contributed by atoms with Gasteiger partial charge < -0.3 is 5.32 Å². The maximum atomic E-state index is 11.8. The minimum Gasteiger partial charge on any atom is -0.336 e. The van der Waals surface area contributed by atoms with Crippen LogP contribution in [0.1, 0.15) is 17.4 Å². The van der Waals surface area contributed by atoms with Crippen molar-refractivity contribution in [2.45, 2.75) is 25.9 Å². The first kappa shape index (κ1) is 14.5. The van der Waals surface area contributed by atoms with Crippen molar-refractivity contribution in [3.63, 3.8) is 0 Å². The maximum absolute atomic E-state index is 11.8. The summed E-state index contributed by atoms with van der Waals surface area (Å²) in [6.07, 6.45) is 2.79. The Morgan fingerprint density at radius 3 is 3.19 bits per heavy atom. The molecule has 0 aliphatic carbocycles. The highest BCUT2D eigenvalue weighted by molar-refractivity contribution is 7.13. The Morgan fingerprint density at radius 1 is 1.48 bits per heavy atom. The van der Waals surface area contributed by atoms with E-state index in [2.05, 4.69) is 38.9 Å². The highest BCUT2D eigenvalue weighted by Gasteiger charge is 2.21. The SMILES string of the molecule is CC(CNC(=O)Nc1nccs1)N1CCc2sccc2C1. The lowest BCUT2D eigenvalue weighted by molar-refractivity contribution is 0.188. The van der Waals surface area contributed by atoms with E-state index in [0.29, 0.717) is 17.7 Å². The number of anilines is 1. The van der Waals surface area contributed by atoms with Crippen molar-refractivity contribution in [2.24, 2.45) is 0 Å². The van der Waals surface area contributed by atoms with E-state index < -0.39 is 0 Å². The van der Waals surface area contributed by atoms with Crippen molar-refractivity contribution in [2.75, 3.05) is 18.4 Å². The van der Waals surface area contributed by atoms with Gasteiger partial charge in [0.2, 0.25) is 0 Å². The number of nitrogens with one attached hydrogen (secondary N) is 2. The second-order valence-corrected chi connectivity index (χ2v) is 7.01. The third-order valence-corrected chi connectivity index (χ3v) is 5.38.